The molecule has 1 heterocycles. The van der Waals surface area contributed by atoms with Crippen molar-refractivity contribution in [3.05, 3.63) is 47.2 Å². The lowest BCUT2D eigenvalue weighted by Gasteiger charge is -2.20. The quantitative estimate of drug-likeness (QED) is 0.663. The van der Waals surface area contributed by atoms with Crippen LogP contribution in [0.4, 0.5) is 0 Å². The van der Waals surface area contributed by atoms with Crippen molar-refractivity contribution in [2.75, 3.05) is 0 Å². The highest BCUT2D eigenvalue weighted by Gasteiger charge is 2.35. The van der Waals surface area contributed by atoms with E-state index in [2.05, 4.69) is 50.0 Å². The zero-order valence-corrected chi connectivity index (χ0v) is 9.39. The maximum absolute atomic E-state index is 3.36. The maximum Gasteiger partial charge on any atom is 0.0498 e. The highest BCUT2D eigenvalue weighted by atomic mass is 14.7. The summed E-state index contributed by atoms with van der Waals surface area (Å²) < 4.78 is 0. The van der Waals surface area contributed by atoms with E-state index in [-0.39, 0.29) is 5.41 Å². The van der Waals surface area contributed by atoms with E-state index in [1.54, 1.807) is 0 Å². The third-order valence-corrected chi connectivity index (χ3v) is 3.54. The largest absolute Gasteiger partial charge is 0.361 e. The van der Waals surface area contributed by atoms with Crippen molar-refractivity contribution < 1.29 is 0 Å². The molecule has 1 N–H and O–H groups in total. The van der Waals surface area contributed by atoms with E-state index >= 15 is 0 Å². The summed E-state index contributed by atoms with van der Waals surface area (Å²) in [5, 5.41) is 0. The van der Waals surface area contributed by atoms with E-state index in [9.17, 15) is 0 Å². The molecule has 0 atom stereocenters. The topological polar surface area (TPSA) is 15.8 Å². The number of benzene rings is 1. The average molecular weight is 197 g/mol. The van der Waals surface area contributed by atoms with Crippen molar-refractivity contribution >= 4 is 0 Å². The van der Waals surface area contributed by atoms with Crippen LogP contribution in [0.2, 0.25) is 0 Å². The fourth-order valence-electron chi connectivity index (χ4n) is 2.67. The highest BCUT2D eigenvalue weighted by Crippen LogP contribution is 2.47. The van der Waals surface area contributed by atoms with Crippen molar-refractivity contribution in [3.8, 4) is 11.3 Å². The average Bonchev–Trinajstić information content (AvgIpc) is 2.71. The molecule has 1 aliphatic rings. The number of H-pyrrole nitrogens is 1. The number of aromatic amines is 1. The van der Waals surface area contributed by atoms with Gasteiger partial charge in [0.1, 0.15) is 0 Å². The van der Waals surface area contributed by atoms with Crippen LogP contribution in [0.25, 0.3) is 11.3 Å². The van der Waals surface area contributed by atoms with E-state index in [0.717, 1.165) is 0 Å². The zero-order valence-electron chi connectivity index (χ0n) is 9.39. The molecule has 15 heavy (non-hydrogen) atoms. The second-order valence-corrected chi connectivity index (χ2v) is 4.94. The third-order valence-electron chi connectivity index (χ3n) is 3.54. The minimum atomic E-state index is 0.151. The molecule has 76 valence electrons. The molecular formula is C14H15N. The van der Waals surface area contributed by atoms with Crippen LogP contribution in [0.1, 0.15) is 30.5 Å². The summed E-state index contributed by atoms with van der Waals surface area (Å²) in [6.07, 6.45) is 2.04. The van der Waals surface area contributed by atoms with Crippen LogP contribution >= 0.6 is 0 Å². The van der Waals surface area contributed by atoms with E-state index in [0.29, 0.717) is 0 Å². The lowest BCUT2D eigenvalue weighted by atomic mass is 9.83. The molecule has 0 saturated carbocycles. The van der Waals surface area contributed by atoms with E-state index in [1.165, 1.54) is 27.9 Å². The Hall–Kier alpha value is -1.50. The zero-order chi connectivity index (χ0) is 10.6. The van der Waals surface area contributed by atoms with Gasteiger partial charge in [-0.05, 0) is 30.2 Å². The molecule has 1 nitrogen and oxygen atoms in total. The number of aryl methyl sites for hydroxylation is 1. The van der Waals surface area contributed by atoms with Gasteiger partial charge in [-0.2, -0.15) is 0 Å². The van der Waals surface area contributed by atoms with Gasteiger partial charge >= 0.3 is 0 Å². The molecule has 0 radical (unpaired) electrons. The van der Waals surface area contributed by atoms with Gasteiger partial charge in [-0.25, -0.2) is 0 Å². The van der Waals surface area contributed by atoms with Gasteiger partial charge in [0.25, 0.3) is 0 Å². The van der Waals surface area contributed by atoms with Crippen molar-refractivity contribution in [1.82, 2.24) is 4.98 Å². The molecule has 1 heteroatoms. The second-order valence-electron chi connectivity index (χ2n) is 4.94. The van der Waals surface area contributed by atoms with E-state index in [1.807, 2.05) is 6.20 Å². The molecule has 0 aliphatic heterocycles. The van der Waals surface area contributed by atoms with Crippen molar-refractivity contribution in [2.24, 2.45) is 0 Å². The van der Waals surface area contributed by atoms with Gasteiger partial charge in [-0.1, -0.05) is 31.5 Å². The first-order chi connectivity index (χ1) is 7.10. The lowest BCUT2D eigenvalue weighted by Crippen LogP contribution is -2.14. The van der Waals surface area contributed by atoms with Crippen LogP contribution in [0.5, 0.6) is 0 Å². The van der Waals surface area contributed by atoms with Gasteiger partial charge in [0.05, 0.1) is 0 Å². The fraction of sp³-hybridized carbons (Fsp3) is 0.286. The molecule has 0 amide bonds. The molecule has 2 aromatic rings. The van der Waals surface area contributed by atoms with Crippen LogP contribution in [0.15, 0.2) is 30.5 Å². The second kappa shape index (κ2) is 2.54. The molecule has 1 aromatic carbocycles. The van der Waals surface area contributed by atoms with Gasteiger partial charge in [0.2, 0.25) is 0 Å². The molecule has 1 aliphatic carbocycles. The van der Waals surface area contributed by atoms with E-state index < -0.39 is 0 Å². The van der Waals surface area contributed by atoms with E-state index in [4.69, 9.17) is 0 Å². The third kappa shape index (κ3) is 0.980. The predicted octanol–water partition coefficient (Wildman–Crippen LogP) is 3.63. The summed E-state index contributed by atoms with van der Waals surface area (Å²) in [4.78, 5) is 3.36. The Morgan fingerprint density at radius 2 is 1.87 bits per heavy atom. The number of hydrogen-bond acceptors (Lipinski definition) is 0. The maximum atomic E-state index is 3.36. The standard InChI is InChI=1S/C14H15N/c1-9-4-5-11-10(8-9)13-12(6-7-15-13)14(11,2)3/h4-8,15H,1-3H3. The van der Waals surface area contributed by atoms with Crippen LogP contribution in [-0.2, 0) is 5.41 Å². The Labute approximate surface area is 90.2 Å². The van der Waals surface area contributed by atoms with Crippen LogP contribution in [0, 0.1) is 6.92 Å². The SMILES string of the molecule is Cc1ccc2c(c1)-c1[nH]ccc1C2(C)C. The number of nitrogens with one attached hydrogen (secondary N) is 1. The molecule has 0 unspecified atom stereocenters. The van der Waals surface area contributed by atoms with Crippen LogP contribution in [-0.4, -0.2) is 4.98 Å². The minimum Gasteiger partial charge on any atom is -0.361 e. The predicted molar refractivity (Wildman–Crippen MR) is 63.1 cm³/mol. The first kappa shape index (κ1) is 8.78. The van der Waals surface area contributed by atoms with Gasteiger partial charge in [0.15, 0.2) is 0 Å². The van der Waals surface area contributed by atoms with Crippen LogP contribution < -0.4 is 0 Å². The van der Waals surface area contributed by atoms with Gasteiger partial charge < -0.3 is 4.98 Å². The number of fused-ring (bicyclic) bond motifs is 3. The summed E-state index contributed by atoms with van der Waals surface area (Å²) in [6, 6.07) is 8.94. The van der Waals surface area contributed by atoms with Crippen molar-refractivity contribution in [3.63, 3.8) is 0 Å². The molecule has 3 rings (SSSR count). The smallest absolute Gasteiger partial charge is 0.0498 e. The van der Waals surface area contributed by atoms with Crippen molar-refractivity contribution in [1.29, 1.82) is 0 Å². The Kier molecular flexibility index (Phi) is 1.49. The van der Waals surface area contributed by atoms with Gasteiger partial charge in [-0.15, -0.1) is 0 Å². The fourth-order valence-corrected chi connectivity index (χ4v) is 2.67. The molecular weight excluding hydrogens is 182 g/mol. The van der Waals surface area contributed by atoms with Crippen LogP contribution in [0.3, 0.4) is 0 Å². The Bertz CT molecular complexity index is 532. The highest BCUT2D eigenvalue weighted by molar-refractivity contribution is 5.78. The monoisotopic (exact) mass is 197 g/mol. The lowest BCUT2D eigenvalue weighted by molar-refractivity contribution is 0.661. The normalized spacial score (nSPS) is 16.2. The van der Waals surface area contributed by atoms with Gasteiger partial charge in [0, 0.05) is 22.9 Å². The Morgan fingerprint density at radius 3 is 2.67 bits per heavy atom. The molecule has 0 bridgehead atoms. The minimum absolute atomic E-state index is 0.151. The first-order valence-electron chi connectivity index (χ1n) is 5.40. The van der Waals surface area contributed by atoms with Crippen molar-refractivity contribution in [2.45, 2.75) is 26.2 Å². The molecule has 1 aromatic heterocycles. The summed E-state index contributed by atoms with van der Waals surface area (Å²) >= 11 is 0. The molecule has 0 fully saturated rings. The summed E-state index contributed by atoms with van der Waals surface area (Å²) in [5.74, 6) is 0. The van der Waals surface area contributed by atoms with Gasteiger partial charge in [-0.3, -0.25) is 0 Å². The number of rotatable bonds is 0. The summed E-state index contributed by atoms with van der Waals surface area (Å²) in [6.45, 7) is 6.73. The number of aromatic nitrogens is 1. The Balaban J connectivity index is 2.40. The first-order valence-corrected chi connectivity index (χ1v) is 5.40. The molecule has 0 spiro atoms. The molecule has 0 saturated heterocycles. The summed E-state index contributed by atoms with van der Waals surface area (Å²) in [5.41, 5.74) is 7.02. The summed E-state index contributed by atoms with van der Waals surface area (Å²) in [7, 11) is 0. The Morgan fingerprint density at radius 1 is 1.07 bits per heavy atom. The number of hydrogen-bond donors (Lipinski definition) is 1.